The van der Waals surface area contributed by atoms with E-state index in [9.17, 15) is 9.90 Å². The lowest BCUT2D eigenvalue weighted by molar-refractivity contribution is -0.147. The van der Waals surface area contributed by atoms with Gasteiger partial charge in [0.25, 0.3) is 0 Å². The van der Waals surface area contributed by atoms with Crippen LogP contribution < -0.4 is 0 Å². The number of carbonyl (C=O) groups excluding carboxylic acids is 1. The van der Waals surface area contributed by atoms with Crippen LogP contribution in [0.15, 0.2) is 108 Å². The van der Waals surface area contributed by atoms with Crippen LogP contribution in [0.5, 0.6) is 0 Å². The number of esters is 1. The minimum Gasteiger partial charge on any atom is -0.493 e. The quantitative estimate of drug-likeness (QED) is 0.0863. The van der Waals surface area contributed by atoms with Gasteiger partial charge in [-0.15, -0.1) is 0 Å². The molecule has 3 rings (SSSR count). The second kappa shape index (κ2) is 16.3. The van der Waals surface area contributed by atoms with Gasteiger partial charge in [0, 0.05) is 16.5 Å². The first-order valence-electron chi connectivity index (χ1n) is 14.9. The van der Waals surface area contributed by atoms with E-state index < -0.39 is 29.3 Å². The lowest BCUT2D eigenvalue weighted by Crippen LogP contribution is -2.45. The zero-order valence-electron chi connectivity index (χ0n) is 26.2. The highest BCUT2D eigenvalue weighted by Gasteiger charge is 2.51. The van der Waals surface area contributed by atoms with E-state index in [2.05, 4.69) is 41.3 Å². The Bertz CT molecular complexity index is 1250. The van der Waals surface area contributed by atoms with E-state index in [1.165, 1.54) is 12.5 Å². The average molecular weight is 704 g/mol. The van der Waals surface area contributed by atoms with Crippen molar-refractivity contribution in [1.82, 2.24) is 4.90 Å². The molecule has 1 spiro atoms. The number of cyclic esters (lactones) is 1. The van der Waals surface area contributed by atoms with Crippen molar-refractivity contribution >= 4 is 28.6 Å². The minimum atomic E-state index is -1.13. The molecule has 0 aromatic carbocycles. The van der Waals surface area contributed by atoms with Crippen molar-refractivity contribution < 1.29 is 28.8 Å². The molecule has 5 atom stereocenters. The molecular weight excluding hydrogens is 657 g/mol. The largest absolute Gasteiger partial charge is 0.493 e. The summed E-state index contributed by atoms with van der Waals surface area (Å²) >= 11 is 2.28. The van der Waals surface area contributed by atoms with Gasteiger partial charge in [0.15, 0.2) is 11.2 Å². The number of hydrogen-bond donors (Lipinski definition) is 1. The second-order valence-corrected chi connectivity index (χ2v) is 11.6. The van der Waals surface area contributed by atoms with Crippen LogP contribution in [0.25, 0.3) is 0 Å². The predicted molar refractivity (Wildman–Crippen MR) is 180 cm³/mol. The fourth-order valence-corrected chi connectivity index (χ4v) is 5.66. The van der Waals surface area contributed by atoms with E-state index in [4.69, 9.17) is 18.9 Å². The Morgan fingerprint density at radius 2 is 1.81 bits per heavy atom. The number of likely N-dealkylation sites (N-methyl/N-ethyl adjacent to an activating group) is 1. The van der Waals surface area contributed by atoms with Gasteiger partial charge < -0.3 is 29.0 Å². The second-order valence-electron chi connectivity index (χ2n) is 10.7. The van der Waals surface area contributed by atoms with Gasteiger partial charge in [-0.2, -0.15) is 0 Å². The smallest absolute Gasteiger partial charge is 0.339 e. The molecule has 1 N–H and O–H groups in total. The number of ether oxygens (including phenoxy) is 4. The van der Waals surface area contributed by atoms with E-state index in [1.54, 1.807) is 18.4 Å². The molecule has 43 heavy (non-hydrogen) atoms. The number of aliphatic hydroxyl groups is 1. The maximum Gasteiger partial charge on any atom is 0.339 e. The molecule has 0 aromatic rings. The van der Waals surface area contributed by atoms with Crippen LogP contribution in [-0.4, -0.2) is 63.4 Å². The standard InChI is InChI=1S/C35H46INO6/c1-7-13-30-27(5)35(19-11-21-36,43-33(30)39)31-15-20-34(26(4)28(6)42-34)18-10-14-29(38)16-24-40-25-17-32(31)41-23-12-22-37(8-2)9-3/h7,10-13,15-20,23-25,29,31-32,38H,8-9,14,21-22H2,1-6H3/b13-7-,18-10+,19-11+,20-15+,23-12+,24-16+,25-17+/t29?,31-,32?,34?,35?/m0/s1. The molecule has 0 saturated carbocycles. The molecular formula is C35H46INO6. The van der Waals surface area contributed by atoms with Crippen molar-refractivity contribution in [3.63, 3.8) is 0 Å². The Morgan fingerprint density at radius 1 is 1.07 bits per heavy atom. The first-order valence-corrected chi connectivity index (χ1v) is 16.4. The van der Waals surface area contributed by atoms with Gasteiger partial charge >= 0.3 is 5.97 Å². The monoisotopic (exact) mass is 703 g/mol. The summed E-state index contributed by atoms with van der Waals surface area (Å²) in [4.78, 5) is 15.6. The number of carbonyl (C=O) groups is 1. The van der Waals surface area contributed by atoms with E-state index in [1.807, 2.05) is 82.4 Å². The molecule has 0 fully saturated rings. The Hall–Kier alpha value is -2.82. The Morgan fingerprint density at radius 3 is 2.47 bits per heavy atom. The Kier molecular flexibility index (Phi) is 13.1. The van der Waals surface area contributed by atoms with Gasteiger partial charge in [-0.3, -0.25) is 0 Å². The Balaban J connectivity index is 2.22. The average Bonchev–Trinajstić information content (AvgIpc) is 3.23. The lowest BCUT2D eigenvalue weighted by Gasteiger charge is -2.42. The fourth-order valence-electron chi connectivity index (χ4n) is 5.40. The number of nitrogens with zero attached hydrogens (tertiary/aromatic N) is 1. The summed E-state index contributed by atoms with van der Waals surface area (Å²) in [5.74, 6) is -0.0292. The molecule has 0 saturated heterocycles. The molecule has 0 bridgehead atoms. The normalized spacial score (nSPS) is 33.0. The van der Waals surface area contributed by atoms with Crippen molar-refractivity contribution in [3.8, 4) is 0 Å². The molecule has 3 heterocycles. The summed E-state index contributed by atoms with van der Waals surface area (Å²) in [6.45, 7) is 14.7. The number of allylic oxidation sites excluding steroid dienone is 3. The van der Waals surface area contributed by atoms with Crippen LogP contribution in [0.1, 0.15) is 48.0 Å². The van der Waals surface area contributed by atoms with Crippen molar-refractivity contribution in [2.24, 2.45) is 5.92 Å². The summed E-state index contributed by atoms with van der Waals surface area (Å²) in [6.07, 6.45) is 24.7. The first kappa shape index (κ1) is 34.7. The fraction of sp³-hybridized carbons (Fsp3) is 0.457. The van der Waals surface area contributed by atoms with E-state index in [-0.39, 0.29) is 5.97 Å². The number of halogens is 1. The molecule has 3 aliphatic heterocycles. The maximum atomic E-state index is 13.3. The van der Waals surface area contributed by atoms with Crippen LogP contribution in [0.2, 0.25) is 0 Å². The third kappa shape index (κ3) is 8.22. The SMILES string of the molecule is C/C=C\C1=C(C)C(/C=C/CI)([C@H]2/C=C/C3(/C=C/CC(O)/C=C/O/C=C/C2O/C=C/CN(CC)CC)OC(C)=C3C)OC1=O. The number of aliphatic hydroxyl groups excluding tert-OH is 1. The molecule has 0 amide bonds. The van der Waals surface area contributed by atoms with Crippen LogP contribution in [0.3, 0.4) is 0 Å². The highest BCUT2D eigenvalue weighted by Crippen LogP contribution is 2.46. The molecule has 234 valence electrons. The Labute approximate surface area is 270 Å². The van der Waals surface area contributed by atoms with Crippen molar-refractivity contribution in [2.75, 3.05) is 24.1 Å². The predicted octanol–water partition coefficient (Wildman–Crippen LogP) is 7.01. The minimum absolute atomic E-state index is 0.379. The van der Waals surface area contributed by atoms with Crippen molar-refractivity contribution in [3.05, 3.63) is 108 Å². The van der Waals surface area contributed by atoms with Crippen molar-refractivity contribution in [1.29, 1.82) is 0 Å². The molecule has 8 heteroatoms. The van der Waals surface area contributed by atoms with Crippen LogP contribution >= 0.6 is 22.6 Å². The lowest BCUT2D eigenvalue weighted by atomic mass is 9.75. The summed E-state index contributed by atoms with van der Waals surface area (Å²) < 4.78 is 25.4. The topological polar surface area (TPSA) is 77.5 Å². The molecule has 3 aliphatic rings. The third-order valence-corrected chi connectivity index (χ3v) is 8.66. The van der Waals surface area contributed by atoms with E-state index in [0.29, 0.717) is 12.0 Å². The van der Waals surface area contributed by atoms with Gasteiger partial charge in [-0.05, 0) is 89.2 Å². The summed E-state index contributed by atoms with van der Waals surface area (Å²) in [5.41, 5.74) is 0.476. The summed E-state index contributed by atoms with van der Waals surface area (Å²) in [7, 11) is 0. The maximum absolute atomic E-state index is 13.3. The first-order chi connectivity index (χ1) is 20.7. The summed E-state index contributed by atoms with van der Waals surface area (Å²) in [5, 5.41) is 10.4. The van der Waals surface area contributed by atoms with Crippen LogP contribution in [-0.2, 0) is 23.7 Å². The van der Waals surface area contributed by atoms with E-state index in [0.717, 1.165) is 41.0 Å². The van der Waals surface area contributed by atoms with Crippen LogP contribution in [0, 0.1) is 5.92 Å². The molecule has 7 nitrogen and oxygen atoms in total. The zero-order valence-corrected chi connectivity index (χ0v) is 28.3. The summed E-state index contributed by atoms with van der Waals surface area (Å²) in [6, 6.07) is 0. The van der Waals surface area contributed by atoms with Gasteiger partial charge in [0.05, 0.1) is 42.1 Å². The van der Waals surface area contributed by atoms with Gasteiger partial charge in [0.1, 0.15) is 6.10 Å². The third-order valence-electron chi connectivity index (χ3n) is 8.16. The number of rotatable bonds is 10. The molecule has 0 aliphatic carbocycles. The van der Waals surface area contributed by atoms with Gasteiger partial charge in [0.2, 0.25) is 0 Å². The van der Waals surface area contributed by atoms with Crippen molar-refractivity contribution in [2.45, 2.75) is 71.4 Å². The van der Waals surface area contributed by atoms with E-state index >= 15 is 0 Å². The number of alkyl halides is 1. The van der Waals surface area contributed by atoms with Gasteiger partial charge in [-0.1, -0.05) is 66.8 Å². The van der Waals surface area contributed by atoms with Gasteiger partial charge in [-0.25, -0.2) is 4.79 Å². The number of hydrogen-bond acceptors (Lipinski definition) is 7. The molecule has 0 radical (unpaired) electrons. The highest BCUT2D eigenvalue weighted by atomic mass is 127. The molecule has 0 aromatic heterocycles. The zero-order chi connectivity index (χ0) is 31.5. The van der Waals surface area contributed by atoms with Crippen LogP contribution in [0.4, 0.5) is 0 Å². The molecule has 4 unspecified atom stereocenters. The highest BCUT2D eigenvalue weighted by molar-refractivity contribution is 14.1.